The van der Waals surface area contributed by atoms with E-state index >= 15 is 0 Å². The lowest BCUT2D eigenvalue weighted by molar-refractivity contribution is -0.113. The molecule has 33 heavy (non-hydrogen) atoms. The highest BCUT2D eigenvalue weighted by Gasteiger charge is 2.36. The van der Waals surface area contributed by atoms with Crippen LogP contribution in [0.2, 0.25) is 5.02 Å². The molecule has 1 aliphatic heterocycles. The van der Waals surface area contributed by atoms with Crippen LogP contribution in [0.15, 0.2) is 72.8 Å². The molecule has 0 aromatic heterocycles. The number of nitrogens with zero attached hydrogens (tertiary/aromatic N) is 1. The number of amides is 4. The van der Waals surface area contributed by atoms with Gasteiger partial charge < -0.3 is 5.32 Å². The van der Waals surface area contributed by atoms with E-state index in [-0.39, 0.29) is 28.4 Å². The molecule has 0 radical (unpaired) electrons. The summed E-state index contributed by atoms with van der Waals surface area (Å²) in [6, 6.07) is 20.0. The van der Waals surface area contributed by atoms with Crippen molar-refractivity contribution in [3.63, 3.8) is 0 Å². The van der Waals surface area contributed by atoms with Crippen molar-refractivity contribution in [2.24, 2.45) is 0 Å². The zero-order chi connectivity index (χ0) is 23.4. The number of fused-ring (bicyclic) bond motifs is 1. The minimum absolute atomic E-state index is 0.193. The monoisotopic (exact) mass is 479 g/mol. The summed E-state index contributed by atoms with van der Waals surface area (Å²) in [4.78, 5) is 49.8. The molecule has 0 fully saturated rings. The van der Waals surface area contributed by atoms with Gasteiger partial charge in [0.15, 0.2) is 0 Å². The number of carbonyl (C=O) groups excluding carboxylic acids is 4. The molecule has 166 valence electrons. The van der Waals surface area contributed by atoms with Crippen molar-refractivity contribution in [3.05, 3.63) is 100 Å². The Balaban J connectivity index is 1.33. The first-order chi connectivity index (χ1) is 15.9. The topological polar surface area (TPSA) is 95.6 Å². The summed E-state index contributed by atoms with van der Waals surface area (Å²) in [6.07, 6.45) is 0. The lowest BCUT2D eigenvalue weighted by Gasteiger charge is -2.15. The molecule has 2 N–H and O–H groups in total. The Morgan fingerprint density at radius 2 is 1.55 bits per heavy atom. The smallest absolute Gasteiger partial charge is 0.280 e. The van der Waals surface area contributed by atoms with Gasteiger partial charge in [-0.1, -0.05) is 41.9 Å². The minimum Gasteiger partial charge on any atom is -0.325 e. The van der Waals surface area contributed by atoms with Crippen LogP contribution in [0.4, 0.5) is 5.69 Å². The molecule has 7 nitrogen and oxygen atoms in total. The van der Waals surface area contributed by atoms with Gasteiger partial charge in [0.25, 0.3) is 17.7 Å². The average Bonchev–Trinajstić information content (AvgIpc) is 3.05. The number of benzene rings is 3. The van der Waals surface area contributed by atoms with Gasteiger partial charge in [0.2, 0.25) is 5.91 Å². The lowest BCUT2D eigenvalue weighted by Crippen LogP contribution is -2.45. The Morgan fingerprint density at radius 3 is 2.21 bits per heavy atom. The van der Waals surface area contributed by atoms with Crippen molar-refractivity contribution in [1.82, 2.24) is 10.4 Å². The van der Waals surface area contributed by atoms with Gasteiger partial charge in [0.05, 0.1) is 16.9 Å². The van der Waals surface area contributed by atoms with Gasteiger partial charge in [0.1, 0.15) is 0 Å². The maximum Gasteiger partial charge on any atom is 0.280 e. The van der Waals surface area contributed by atoms with E-state index in [1.807, 2.05) is 12.1 Å². The Labute approximate surface area is 199 Å². The normalized spacial score (nSPS) is 12.5. The molecule has 0 aliphatic carbocycles. The number of thioether (sulfide) groups is 1. The van der Waals surface area contributed by atoms with E-state index in [0.717, 1.165) is 5.56 Å². The number of anilines is 1. The van der Waals surface area contributed by atoms with E-state index in [1.165, 1.54) is 36.0 Å². The van der Waals surface area contributed by atoms with Gasteiger partial charge in [-0.3, -0.25) is 24.6 Å². The second kappa shape index (κ2) is 9.89. The third-order valence-electron chi connectivity index (χ3n) is 4.83. The average molecular weight is 480 g/mol. The molecule has 1 heterocycles. The summed E-state index contributed by atoms with van der Waals surface area (Å²) in [6.45, 7) is 0. The van der Waals surface area contributed by atoms with Gasteiger partial charge in [-0.2, -0.15) is 5.01 Å². The van der Waals surface area contributed by atoms with Gasteiger partial charge >= 0.3 is 0 Å². The summed E-state index contributed by atoms with van der Waals surface area (Å²) in [5, 5.41) is 4.11. The van der Waals surface area contributed by atoms with Crippen molar-refractivity contribution in [1.29, 1.82) is 0 Å². The van der Waals surface area contributed by atoms with Gasteiger partial charge in [0, 0.05) is 22.0 Å². The van der Waals surface area contributed by atoms with E-state index in [9.17, 15) is 19.2 Å². The van der Waals surface area contributed by atoms with Gasteiger partial charge in [-0.05, 0) is 48.0 Å². The standard InChI is InChI=1S/C24H18ClN3O4S/c25-17-10-8-15(9-11-17)13-33-14-21(29)26-18-5-3-4-16(12-18)22(30)27-28-23(31)19-6-1-2-7-20(19)24(28)32/h1-12H,13-14H2,(H,26,29)(H,27,30). The molecule has 0 unspecified atom stereocenters. The number of nitrogens with one attached hydrogen (secondary N) is 2. The van der Waals surface area contributed by atoms with E-state index in [4.69, 9.17) is 11.6 Å². The van der Waals surface area contributed by atoms with E-state index in [0.29, 0.717) is 21.5 Å². The number of carbonyl (C=O) groups is 4. The second-order valence-electron chi connectivity index (χ2n) is 7.18. The maximum absolute atomic E-state index is 12.7. The van der Waals surface area contributed by atoms with Crippen molar-refractivity contribution in [2.45, 2.75) is 5.75 Å². The number of hydrazine groups is 1. The Morgan fingerprint density at radius 1 is 0.879 bits per heavy atom. The van der Waals surface area contributed by atoms with Crippen LogP contribution >= 0.6 is 23.4 Å². The second-order valence-corrected chi connectivity index (χ2v) is 8.60. The van der Waals surface area contributed by atoms with Crippen LogP contribution in [0, 0.1) is 0 Å². The first-order valence-electron chi connectivity index (χ1n) is 9.93. The van der Waals surface area contributed by atoms with Crippen LogP contribution in [-0.4, -0.2) is 34.4 Å². The Bertz CT molecular complexity index is 1210. The number of hydrogen-bond acceptors (Lipinski definition) is 5. The molecule has 3 aromatic rings. The quantitative estimate of drug-likeness (QED) is 0.496. The van der Waals surface area contributed by atoms with E-state index in [2.05, 4.69) is 10.7 Å². The maximum atomic E-state index is 12.7. The van der Waals surface area contributed by atoms with Crippen LogP contribution in [0.25, 0.3) is 0 Å². The molecule has 4 rings (SSSR count). The summed E-state index contributed by atoms with van der Waals surface area (Å²) in [5.41, 5.74) is 4.50. The number of rotatable bonds is 7. The van der Waals surface area contributed by atoms with E-state index < -0.39 is 17.7 Å². The summed E-state index contributed by atoms with van der Waals surface area (Å²) in [7, 11) is 0. The Kier molecular flexibility index (Phi) is 6.76. The highest BCUT2D eigenvalue weighted by molar-refractivity contribution is 7.99. The highest BCUT2D eigenvalue weighted by Crippen LogP contribution is 2.21. The molecule has 0 spiro atoms. The number of halogens is 1. The predicted octanol–water partition coefficient (Wildman–Crippen LogP) is 4.15. The summed E-state index contributed by atoms with van der Waals surface area (Å²) in [5.74, 6) is -1.15. The fraction of sp³-hybridized carbons (Fsp3) is 0.0833. The first kappa shape index (κ1) is 22.6. The van der Waals surface area contributed by atoms with Crippen LogP contribution in [0.1, 0.15) is 36.6 Å². The third kappa shape index (κ3) is 5.24. The summed E-state index contributed by atoms with van der Waals surface area (Å²) >= 11 is 7.32. The van der Waals surface area contributed by atoms with Crippen LogP contribution in [0.3, 0.4) is 0 Å². The van der Waals surface area contributed by atoms with Crippen LogP contribution in [0.5, 0.6) is 0 Å². The molecular weight excluding hydrogens is 462 g/mol. The van der Waals surface area contributed by atoms with Crippen molar-refractivity contribution in [3.8, 4) is 0 Å². The number of hydrogen-bond donors (Lipinski definition) is 2. The van der Waals surface area contributed by atoms with Crippen molar-refractivity contribution >= 4 is 52.7 Å². The highest BCUT2D eigenvalue weighted by atomic mass is 35.5. The van der Waals surface area contributed by atoms with Crippen molar-refractivity contribution < 1.29 is 19.2 Å². The molecule has 0 bridgehead atoms. The first-order valence-corrected chi connectivity index (χ1v) is 11.5. The molecular formula is C24H18ClN3O4S. The molecule has 0 saturated carbocycles. The van der Waals surface area contributed by atoms with Gasteiger partial charge in [-0.25, -0.2) is 0 Å². The molecule has 0 saturated heterocycles. The fourth-order valence-corrected chi connectivity index (χ4v) is 4.15. The molecule has 0 atom stereocenters. The number of imide groups is 1. The zero-order valence-corrected chi connectivity index (χ0v) is 18.8. The molecule has 9 heteroatoms. The fourth-order valence-electron chi connectivity index (χ4n) is 3.23. The lowest BCUT2D eigenvalue weighted by atomic mass is 10.1. The Hall–Kier alpha value is -3.62. The minimum atomic E-state index is -0.641. The zero-order valence-electron chi connectivity index (χ0n) is 17.2. The van der Waals surface area contributed by atoms with Crippen LogP contribution < -0.4 is 10.7 Å². The summed E-state index contributed by atoms with van der Waals surface area (Å²) < 4.78 is 0. The molecule has 1 aliphatic rings. The van der Waals surface area contributed by atoms with E-state index in [1.54, 1.807) is 36.4 Å². The predicted molar refractivity (Wildman–Crippen MR) is 127 cm³/mol. The van der Waals surface area contributed by atoms with Gasteiger partial charge in [-0.15, -0.1) is 11.8 Å². The van der Waals surface area contributed by atoms with Crippen LogP contribution in [-0.2, 0) is 10.5 Å². The largest absolute Gasteiger partial charge is 0.325 e. The molecule has 4 amide bonds. The van der Waals surface area contributed by atoms with Crippen molar-refractivity contribution in [2.75, 3.05) is 11.1 Å². The SMILES string of the molecule is O=C(CSCc1ccc(Cl)cc1)Nc1cccc(C(=O)NN2C(=O)c3ccccc3C2=O)c1. The molecule has 3 aromatic carbocycles. The third-order valence-corrected chi connectivity index (χ3v) is 6.09.